The van der Waals surface area contributed by atoms with Crippen LogP contribution in [0, 0.1) is 5.92 Å². The zero-order valence-corrected chi connectivity index (χ0v) is 11.7. The molecule has 0 amide bonds. The van der Waals surface area contributed by atoms with Crippen molar-refractivity contribution < 1.29 is 4.74 Å². The second-order valence-corrected chi connectivity index (χ2v) is 8.50. The van der Waals surface area contributed by atoms with Crippen molar-refractivity contribution in [2.75, 3.05) is 6.61 Å². The molecule has 0 bridgehead atoms. The first-order valence-corrected chi connectivity index (χ1v) is 6.21. The van der Waals surface area contributed by atoms with Crippen LogP contribution < -0.4 is 0 Å². The molecule has 0 fully saturated rings. The largest absolute Gasteiger partial charge is 0.374 e. The molecule has 1 atom stereocenters. The van der Waals surface area contributed by atoms with Gasteiger partial charge >= 0.3 is 0 Å². The molecule has 0 aromatic carbocycles. The molecule has 0 N–H and O–H groups in total. The van der Waals surface area contributed by atoms with Crippen molar-refractivity contribution in [1.29, 1.82) is 0 Å². The number of alkyl halides is 1. The van der Waals surface area contributed by atoms with E-state index < -0.39 is 0 Å². The second kappa shape index (κ2) is 4.63. The molecule has 0 rings (SSSR count). The SMILES string of the molecule is CC(C)C(C)(C)OCC([SiH3])Br. The highest BCUT2D eigenvalue weighted by atomic mass is 79.9. The topological polar surface area (TPSA) is 9.23 Å². The lowest BCUT2D eigenvalue weighted by Crippen LogP contribution is -2.33. The van der Waals surface area contributed by atoms with Crippen LogP contribution in [0.25, 0.3) is 0 Å². The van der Waals surface area contributed by atoms with E-state index in [2.05, 4.69) is 43.6 Å². The fourth-order valence-corrected chi connectivity index (χ4v) is 0.795. The van der Waals surface area contributed by atoms with Gasteiger partial charge in [-0.2, -0.15) is 0 Å². The Morgan fingerprint density at radius 2 is 1.91 bits per heavy atom. The molecular weight excluding hydrogens is 220 g/mol. The van der Waals surface area contributed by atoms with E-state index in [0.29, 0.717) is 10.4 Å². The van der Waals surface area contributed by atoms with Gasteiger partial charge in [-0.05, 0) is 19.8 Å². The van der Waals surface area contributed by atoms with E-state index in [9.17, 15) is 0 Å². The van der Waals surface area contributed by atoms with Crippen molar-refractivity contribution in [3.63, 3.8) is 0 Å². The molecule has 1 unspecified atom stereocenters. The van der Waals surface area contributed by atoms with Gasteiger partial charge in [0.25, 0.3) is 0 Å². The summed E-state index contributed by atoms with van der Waals surface area (Å²) in [5.74, 6) is 0.579. The van der Waals surface area contributed by atoms with Crippen molar-refractivity contribution in [2.45, 2.75) is 37.7 Å². The Kier molecular flexibility index (Phi) is 4.90. The standard InChI is InChI=1S/C8H19BrOSi/c1-6(2)8(3,4)10-5-7(9)11/h6-7H,5H2,1-4,11H3. The van der Waals surface area contributed by atoms with Crippen molar-refractivity contribution in [1.82, 2.24) is 0 Å². The predicted molar refractivity (Wildman–Crippen MR) is 57.5 cm³/mol. The molecule has 11 heavy (non-hydrogen) atoms. The average Bonchev–Trinajstić information content (AvgIpc) is 1.84. The van der Waals surface area contributed by atoms with Crippen molar-refractivity contribution >= 4 is 26.2 Å². The van der Waals surface area contributed by atoms with Gasteiger partial charge in [-0.3, -0.25) is 0 Å². The van der Waals surface area contributed by atoms with Gasteiger partial charge in [-0.15, -0.1) is 0 Å². The Balaban J connectivity index is 3.73. The van der Waals surface area contributed by atoms with Crippen LogP contribution >= 0.6 is 15.9 Å². The van der Waals surface area contributed by atoms with Crippen LogP contribution in [-0.2, 0) is 4.74 Å². The minimum atomic E-state index is 0.0242. The Labute approximate surface area is 81.4 Å². The molecule has 0 aromatic heterocycles. The normalized spacial score (nSPS) is 15.8. The quantitative estimate of drug-likeness (QED) is 0.534. The first-order chi connectivity index (χ1) is 4.86. The molecule has 0 aliphatic carbocycles. The summed E-state index contributed by atoms with van der Waals surface area (Å²) >= 11 is 3.51. The lowest BCUT2D eigenvalue weighted by molar-refractivity contribution is -0.0445. The van der Waals surface area contributed by atoms with Gasteiger partial charge in [0, 0.05) is 14.7 Å². The Morgan fingerprint density at radius 3 is 2.18 bits per heavy atom. The van der Waals surface area contributed by atoms with Gasteiger partial charge in [0.05, 0.1) is 12.2 Å². The van der Waals surface area contributed by atoms with Crippen LogP contribution in [0.15, 0.2) is 0 Å². The Bertz CT molecular complexity index is 113. The van der Waals surface area contributed by atoms with Gasteiger partial charge in [0.2, 0.25) is 0 Å². The van der Waals surface area contributed by atoms with Crippen LogP contribution in [0.5, 0.6) is 0 Å². The van der Waals surface area contributed by atoms with Crippen LogP contribution in [-0.4, -0.2) is 26.9 Å². The summed E-state index contributed by atoms with van der Waals surface area (Å²) in [5.41, 5.74) is 0.0242. The zero-order chi connectivity index (χ0) is 9.07. The van der Waals surface area contributed by atoms with Crippen LogP contribution in [0.1, 0.15) is 27.7 Å². The van der Waals surface area contributed by atoms with Crippen LogP contribution in [0.4, 0.5) is 0 Å². The molecular formula is C8H19BrOSi. The van der Waals surface area contributed by atoms with Gasteiger partial charge in [0.15, 0.2) is 0 Å². The second-order valence-electron chi connectivity index (χ2n) is 3.85. The van der Waals surface area contributed by atoms with Crippen LogP contribution in [0.3, 0.4) is 0 Å². The first-order valence-electron chi connectivity index (χ1n) is 4.14. The molecule has 0 radical (unpaired) electrons. The summed E-state index contributed by atoms with van der Waals surface area (Å²) in [4.78, 5) is 0. The number of ether oxygens (including phenoxy) is 1. The van der Waals surface area contributed by atoms with Gasteiger partial charge in [0.1, 0.15) is 0 Å². The van der Waals surface area contributed by atoms with Crippen molar-refractivity contribution in [3.05, 3.63) is 0 Å². The first kappa shape index (κ1) is 11.7. The summed E-state index contributed by atoms with van der Waals surface area (Å²) in [5, 5.41) is 0. The van der Waals surface area contributed by atoms with E-state index in [-0.39, 0.29) is 5.60 Å². The highest BCUT2D eigenvalue weighted by Gasteiger charge is 2.22. The molecule has 3 heteroatoms. The average molecular weight is 239 g/mol. The Hall–Kier alpha value is 0.657. The minimum absolute atomic E-state index is 0.0242. The monoisotopic (exact) mass is 238 g/mol. The Morgan fingerprint density at radius 1 is 1.45 bits per heavy atom. The molecule has 0 heterocycles. The lowest BCUT2D eigenvalue weighted by Gasteiger charge is -2.30. The number of hydrogen-bond donors (Lipinski definition) is 0. The van der Waals surface area contributed by atoms with E-state index in [1.807, 2.05) is 0 Å². The molecule has 68 valence electrons. The maximum atomic E-state index is 5.74. The molecule has 1 nitrogen and oxygen atoms in total. The van der Waals surface area contributed by atoms with E-state index >= 15 is 0 Å². The van der Waals surface area contributed by atoms with E-state index in [1.165, 1.54) is 0 Å². The van der Waals surface area contributed by atoms with Crippen molar-refractivity contribution in [2.24, 2.45) is 5.92 Å². The molecule has 0 spiro atoms. The summed E-state index contributed by atoms with van der Waals surface area (Å²) in [6.45, 7) is 9.52. The van der Waals surface area contributed by atoms with Crippen LogP contribution in [0.2, 0.25) is 0 Å². The predicted octanol–water partition coefficient (Wildman–Crippen LogP) is 1.52. The smallest absolute Gasteiger partial charge is 0.0649 e. The number of hydrogen-bond acceptors (Lipinski definition) is 1. The molecule has 0 aliphatic rings. The molecule has 0 aromatic rings. The lowest BCUT2D eigenvalue weighted by atomic mass is 9.95. The number of rotatable bonds is 4. The van der Waals surface area contributed by atoms with Gasteiger partial charge in [-0.25, -0.2) is 0 Å². The fourth-order valence-electron chi connectivity index (χ4n) is 0.496. The third-order valence-electron chi connectivity index (χ3n) is 2.08. The van der Waals surface area contributed by atoms with E-state index in [4.69, 9.17) is 4.74 Å². The molecule has 0 saturated carbocycles. The zero-order valence-electron chi connectivity index (χ0n) is 8.15. The minimum Gasteiger partial charge on any atom is -0.374 e. The highest BCUT2D eigenvalue weighted by Crippen LogP contribution is 2.20. The highest BCUT2D eigenvalue weighted by molar-refractivity contribution is 9.10. The summed E-state index contributed by atoms with van der Waals surface area (Å²) in [7, 11) is 1.15. The maximum Gasteiger partial charge on any atom is 0.0649 e. The maximum absolute atomic E-state index is 5.74. The fraction of sp³-hybridized carbons (Fsp3) is 1.00. The molecule has 0 saturated heterocycles. The van der Waals surface area contributed by atoms with E-state index in [0.717, 1.165) is 16.8 Å². The number of halogens is 1. The van der Waals surface area contributed by atoms with Gasteiger partial charge < -0.3 is 4.74 Å². The third-order valence-corrected chi connectivity index (χ3v) is 2.67. The van der Waals surface area contributed by atoms with Gasteiger partial charge in [-0.1, -0.05) is 29.8 Å². The molecule has 0 aliphatic heterocycles. The van der Waals surface area contributed by atoms with E-state index in [1.54, 1.807) is 0 Å². The van der Waals surface area contributed by atoms with Crippen molar-refractivity contribution in [3.8, 4) is 0 Å². The third kappa shape index (κ3) is 4.99. The summed E-state index contributed by atoms with van der Waals surface area (Å²) < 4.78 is 6.32. The summed E-state index contributed by atoms with van der Waals surface area (Å²) in [6, 6.07) is 0. The summed E-state index contributed by atoms with van der Waals surface area (Å²) in [6.07, 6.45) is 0.